The molecule has 108 valence electrons. The Morgan fingerprint density at radius 3 is 3.20 bits per heavy atom. The molecule has 1 aromatic carbocycles. The molecule has 5 heteroatoms. The Kier molecular flexibility index (Phi) is 5.59. The van der Waals surface area contributed by atoms with Crippen LogP contribution in [-0.2, 0) is 4.79 Å². The van der Waals surface area contributed by atoms with Crippen LogP contribution in [0.5, 0.6) is 0 Å². The van der Waals surface area contributed by atoms with E-state index in [4.69, 9.17) is 11.6 Å². The Balaban J connectivity index is 2.05. The molecule has 0 spiro atoms. The van der Waals surface area contributed by atoms with Crippen molar-refractivity contribution in [1.29, 1.82) is 0 Å². The largest absolute Gasteiger partial charge is 0.352 e. The first-order valence-corrected chi connectivity index (χ1v) is 7.16. The van der Waals surface area contributed by atoms with Gasteiger partial charge in [0.05, 0.1) is 6.54 Å². The lowest BCUT2D eigenvalue weighted by molar-refractivity contribution is -0.122. The second-order valence-corrected chi connectivity index (χ2v) is 5.27. The molecule has 1 atom stereocenters. The molecule has 1 amide bonds. The predicted octanol–water partition coefficient (Wildman–Crippen LogP) is 1.59. The second-order valence-electron chi connectivity index (χ2n) is 4.84. The van der Waals surface area contributed by atoms with Crippen LogP contribution < -0.4 is 10.6 Å². The summed E-state index contributed by atoms with van der Waals surface area (Å²) < 4.78 is 0. The van der Waals surface area contributed by atoms with Crippen LogP contribution in [-0.4, -0.2) is 43.5 Å². The molecule has 1 saturated heterocycles. The van der Waals surface area contributed by atoms with Gasteiger partial charge in [-0.05, 0) is 17.7 Å². The molecule has 1 aliphatic rings. The molecule has 0 aromatic heterocycles. The first-order chi connectivity index (χ1) is 9.70. The van der Waals surface area contributed by atoms with Gasteiger partial charge in [-0.3, -0.25) is 9.69 Å². The summed E-state index contributed by atoms with van der Waals surface area (Å²) in [6.07, 6.45) is 1.68. The molecule has 1 heterocycles. The summed E-state index contributed by atoms with van der Waals surface area (Å²) in [5.74, 6) is 0.0267. The van der Waals surface area contributed by atoms with Crippen molar-refractivity contribution in [3.8, 4) is 0 Å². The number of piperazine rings is 1. The molecule has 20 heavy (non-hydrogen) atoms. The maximum absolute atomic E-state index is 11.9. The summed E-state index contributed by atoms with van der Waals surface area (Å²) in [7, 11) is 0. The van der Waals surface area contributed by atoms with E-state index in [1.54, 1.807) is 6.08 Å². The fourth-order valence-electron chi connectivity index (χ4n) is 2.40. The topological polar surface area (TPSA) is 44.4 Å². The van der Waals surface area contributed by atoms with Gasteiger partial charge in [0.2, 0.25) is 5.91 Å². The van der Waals surface area contributed by atoms with Gasteiger partial charge in [-0.15, -0.1) is 6.58 Å². The number of benzene rings is 1. The van der Waals surface area contributed by atoms with Gasteiger partial charge in [-0.25, -0.2) is 0 Å². The normalized spacial score (nSPS) is 19.6. The van der Waals surface area contributed by atoms with E-state index < -0.39 is 0 Å². The van der Waals surface area contributed by atoms with Gasteiger partial charge < -0.3 is 10.6 Å². The Hall–Kier alpha value is -1.36. The molecule has 4 nitrogen and oxygen atoms in total. The number of carbonyl (C=O) groups is 1. The van der Waals surface area contributed by atoms with Crippen molar-refractivity contribution >= 4 is 17.5 Å². The van der Waals surface area contributed by atoms with Crippen LogP contribution in [0.15, 0.2) is 36.9 Å². The second kappa shape index (κ2) is 7.43. The van der Waals surface area contributed by atoms with E-state index in [1.165, 1.54) is 0 Å². The molecule has 0 radical (unpaired) electrons. The van der Waals surface area contributed by atoms with E-state index in [0.29, 0.717) is 13.1 Å². The smallest absolute Gasteiger partial charge is 0.234 e. The molecule has 0 saturated carbocycles. The van der Waals surface area contributed by atoms with Gasteiger partial charge in [-0.1, -0.05) is 29.8 Å². The number of hydrogen-bond acceptors (Lipinski definition) is 3. The molecule has 1 aliphatic heterocycles. The Bertz CT molecular complexity index is 478. The molecular weight excluding hydrogens is 274 g/mol. The Labute approximate surface area is 124 Å². The van der Waals surface area contributed by atoms with Crippen molar-refractivity contribution in [3.63, 3.8) is 0 Å². The summed E-state index contributed by atoms with van der Waals surface area (Å²) in [5, 5.41) is 6.91. The number of nitrogens with zero attached hydrogens (tertiary/aromatic N) is 1. The zero-order chi connectivity index (χ0) is 14.4. The molecule has 1 fully saturated rings. The van der Waals surface area contributed by atoms with E-state index in [9.17, 15) is 4.79 Å². The average molecular weight is 294 g/mol. The zero-order valence-electron chi connectivity index (χ0n) is 11.4. The highest BCUT2D eigenvalue weighted by Crippen LogP contribution is 2.24. The lowest BCUT2D eigenvalue weighted by atomic mass is 10.0. The van der Waals surface area contributed by atoms with Gasteiger partial charge in [0.25, 0.3) is 0 Å². The van der Waals surface area contributed by atoms with Crippen LogP contribution in [0.4, 0.5) is 0 Å². The molecule has 0 aliphatic carbocycles. The van der Waals surface area contributed by atoms with Crippen LogP contribution in [0.1, 0.15) is 11.6 Å². The van der Waals surface area contributed by atoms with Crippen molar-refractivity contribution in [3.05, 3.63) is 47.5 Å². The first kappa shape index (κ1) is 15.0. The molecule has 1 aromatic rings. The van der Waals surface area contributed by atoms with Crippen LogP contribution in [0.25, 0.3) is 0 Å². The third-order valence-corrected chi connectivity index (χ3v) is 3.61. The van der Waals surface area contributed by atoms with Gasteiger partial charge in [0, 0.05) is 37.2 Å². The molecular formula is C15H20ClN3O. The highest BCUT2D eigenvalue weighted by Gasteiger charge is 2.25. The summed E-state index contributed by atoms with van der Waals surface area (Å²) in [4.78, 5) is 14.0. The van der Waals surface area contributed by atoms with Crippen molar-refractivity contribution in [1.82, 2.24) is 15.5 Å². The van der Waals surface area contributed by atoms with Gasteiger partial charge in [-0.2, -0.15) is 0 Å². The summed E-state index contributed by atoms with van der Waals surface area (Å²) >= 11 is 6.06. The van der Waals surface area contributed by atoms with Crippen LogP contribution >= 0.6 is 11.6 Å². The van der Waals surface area contributed by atoms with Crippen molar-refractivity contribution in [2.75, 3.05) is 32.7 Å². The molecule has 1 unspecified atom stereocenters. The minimum absolute atomic E-state index is 0.0267. The van der Waals surface area contributed by atoms with Gasteiger partial charge in [0.15, 0.2) is 0 Å². The number of carbonyl (C=O) groups excluding carboxylic acids is 1. The minimum Gasteiger partial charge on any atom is -0.352 e. The van der Waals surface area contributed by atoms with Crippen molar-refractivity contribution in [2.24, 2.45) is 0 Å². The molecule has 2 N–H and O–H groups in total. The number of hydrogen-bond donors (Lipinski definition) is 2. The fourth-order valence-corrected chi connectivity index (χ4v) is 2.60. The lowest BCUT2D eigenvalue weighted by Gasteiger charge is -2.36. The average Bonchev–Trinajstić information content (AvgIpc) is 2.45. The maximum atomic E-state index is 11.9. The van der Waals surface area contributed by atoms with Crippen LogP contribution in [0, 0.1) is 0 Å². The third kappa shape index (κ3) is 4.07. The zero-order valence-corrected chi connectivity index (χ0v) is 12.2. The van der Waals surface area contributed by atoms with Gasteiger partial charge >= 0.3 is 0 Å². The monoisotopic (exact) mass is 293 g/mol. The summed E-state index contributed by atoms with van der Waals surface area (Å²) in [5.41, 5.74) is 1.14. The Morgan fingerprint density at radius 2 is 2.45 bits per heavy atom. The van der Waals surface area contributed by atoms with Crippen molar-refractivity contribution in [2.45, 2.75) is 6.04 Å². The predicted molar refractivity (Wildman–Crippen MR) is 81.8 cm³/mol. The summed E-state index contributed by atoms with van der Waals surface area (Å²) in [6, 6.07) is 8.01. The third-order valence-electron chi connectivity index (χ3n) is 3.38. The summed E-state index contributed by atoms with van der Waals surface area (Å²) in [6.45, 7) is 7.07. The van der Waals surface area contributed by atoms with E-state index in [-0.39, 0.29) is 11.9 Å². The van der Waals surface area contributed by atoms with E-state index in [1.807, 2.05) is 18.2 Å². The van der Waals surface area contributed by atoms with Crippen LogP contribution in [0.2, 0.25) is 5.02 Å². The van der Waals surface area contributed by atoms with E-state index in [2.05, 4.69) is 28.2 Å². The first-order valence-electron chi connectivity index (χ1n) is 6.78. The highest BCUT2D eigenvalue weighted by molar-refractivity contribution is 6.30. The molecule has 0 bridgehead atoms. The minimum atomic E-state index is 0.0267. The molecule has 2 rings (SSSR count). The van der Waals surface area contributed by atoms with E-state index >= 15 is 0 Å². The van der Waals surface area contributed by atoms with Crippen molar-refractivity contribution < 1.29 is 4.79 Å². The van der Waals surface area contributed by atoms with Gasteiger partial charge in [0.1, 0.15) is 0 Å². The standard InChI is InChI=1S/C15H20ClN3O/c1-2-6-18-15(20)11-19-8-7-17-10-14(19)12-4-3-5-13(16)9-12/h2-5,9,14,17H,1,6-8,10-11H2,(H,18,20). The fraction of sp³-hybridized carbons (Fsp3) is 0.400. The van der Waals surface area contributed by atoms with E-state index in [0.717, 1.165) is 30.2 Å². The lowest BCUT2D eigenvalue weighted by Crippen LogP contribution is -2.49. The number of amides is 1. The quantitative estimate of drug-likeness (QED) is 0.811. The number of nitrogens with one attached hydrogen (secondary N) is 2. The SMILES string of the molecule is C=CCNC(=O)CN1CCNCC1c1cccc(Cl)c1. The Morgan fingerprint density at radius 1 is 1.60 bits per heavy atom. The number of halogens is 1. The highest BCUT2D eigenvalue weighted by atomic mass is 35.5. The maximum Gasteiger partial charge on any atom is 0.234 e. The number of rotatable bonds is 5. The van der Waals surface area contributed by atoms with Crippen LogP contribution in [0.3, 0.4) is 0 Å².